The summed E-state index contributed by atoms with van der Waals surface area (Å²) in [4.78, 5) is 13.9. The summed E-state index contributed by atoms with van der Waals surface area (Å²) in [6.07, 6.45) is 0.749. The molecule has 1 unspecified atom stereocenters. The Balaban J connectivity index is 2.21. The van der Waals surface area contributed by atoms with Crippen molar-refractivity contribution in [3.05, 3.63) is 27.8 Å². The van der Waals surface area contributed by atoms with Crippen LogP contribution in [0.2, 0.25) is 0 Å². The number of amides is 1. The van der Waals surface area contributed by atoms with E-state index in [0.29, 0.717) is 31.1 Å². The normalized spacial score (nSPS) is 19.1. The number of hydrogen-bond acceptors (Lipinski definition) is 3. The van der Waals surface area contributed by atoms with Crippen LogP contribution in [0.5, 0.6) is 0 Å². The van der Waals surface area contributed by atoms with Gasteiger partial charge in [-0.2, -0.15) is 4.31 Å². The molecular formula is C22H38N3O3S+. The maximum atomic E-state index is 13.6. The monoisotopic (exact) mass is 424 g/mol. The summed E-state index contributed by atoms with van der Waals surface area (Å²) in [7, 11) is -3.57. The molecule has 1 saturated heterocycles. The summed E-state index contributed by atoms with van der Waals surface area (Å²) in [5.41, 5.74) is 4.70. The third-order valence-corrected chi connectivity index (χ3v) is 8.28. The first-order valence-electron chi connectivity index (χ1n) is 10.5. The van der Waals surface area contributed by atoms with Gasteiger partial charge in [-0.1, -0.05) is 0 Å². The average molecular weight is 425 g/mol. The molecule has 0 radical (unpaired) electrons. The maximum absolute atomic E-state index is 13.6. The van der Waals surface area contributed by atoms with Crippen molar-refractivity contribution in [2.45, 2.75) is 72.2 Å². The lowest BCUT2D eigenvalue weighted by molar-refractivity contribution is -0.889. The van der Waals surface area contributed by atoms with Crippen molar-refractivity contribution in [1.82, 2.24) is 9.62 Å². The van der Waals surface area contributed by atoms with Crippen molar-refractivity contribution >= 4 is 15.9 Å². The van der Waals surface area contributed by atoms with E-state index in [-0.39, 0.29) is 11.4 Å². The second kappa shape index (κ2) is 8.74. The van der Waals surface area contributed by atoms with E-state index in [1.165, 1.54) is 0 Å². The predicted octanol–water partition coefficient (Wildman–Crippen LogP) is 1.42. The van der Waals surface area contributed by atoms with E-state index in [1.807, 2.05) is 48.5 Å². The number of nitrogens with zero attached hydrogens (tertiary/aromatic N) is 1. The van der Waals surface area contributed by atoms with Gasteiger partial charge < -0.3 is 10.2 Å². The van der Waals surface area contributed by atoms with Gasteiger partial charge in [0.15, 0.2) is 6.54 Å². The highest BCUT2D eigenvalue weighted by Gasteiger charge is 2.32. The Kier molecular flexibility index (Phi) is 7.18. The molecule has 164 valence electrons. The SMILES string of the molecule is Cc1c(C)c(C)c(S(=O)(=O)N2CCC[NH+](CC(=O)NC(C)(C)C)CC2)c(C)c1C. The second-order valence-electron chi connectivity index (χ2n) is 9.44. The van der Waals surface area contributed by atoms with E-state index in [0.717, 1.165) is 45.7 Å². The first-order valence-corrected chi connectivity index (χ1v) is 11.9. The number of carbonyl (C=O) groups is 1. The number of rotatable bonds is 4. The van der Waals surface area contributed by atoms with Crippen molar-refractivity contribution in [2.24, 2.45) is 0 Å². The summed E-state index contributed by atoms with van der Waals surface area (Å²) >= 11 is 0. The molecule has 1 heterocycles. The molecule has 1 amide bonds. The van der Waals surface area contributed by atoms with Gasteiger partial charge in [0, 0.05) is 18.5 Å². The van der Waals surface area contributed by atoms with E-state index < -0.39 is 10.0 Å². The molecule has 6 nitrogen and oxygen atoms in total. The Morgan fingerprint density at radius 1 is 0.931 bits per heavy atom. The number of quaternary nitrogens is 1. The van der Waals surface area contributed by atoms with Crippen LogP contribution < -0.4 is 10.2 Å². The van der Waals surface area contributed by atoms with Crippen LogP contribution in [0.4, 0.5) is 0 Å². The highest BCUT2D eigenvalue weighted by atomic mass is 32.2. The Bertz CT molecular complexity index is 857. The summed E-state index contributed by atoms with van der Waals surface area (Å²) < 4.78 is 28.7. The molecule has 0 aromatic heterocycles. The van der Waals surface area contributed by atoms with E-state index in [4.69, 9.17) is 0 Å². The Morgan fingerprint density at radius 3 is 1.97 bits per heavy atom. The van der Waals surface area contributed by atoms with Crippen molar-refractivity contribution in [1.29, 1.82) is 0 Å². The highest BCUT2D eigenvalue weighted by Crippen LogP contribution is 2.31. The molecule has 1 aromatic carbocycles. The summed E-state index contributed by atoms with van der Waals surface area (Å²) in [5.74, 6) is 0.0141. The zero-order chi connectivity index (χ0) is 22.1. The van der Waals surface area contributed by atoms with E-state index in [1.54, 1.807) is 4.31 Å². The van der Waals surface area contributed by atoms with Crippen LogP contribution in [0.3, 0.4) is 0 Å². The summed E-state index contributed by atoms with van der Waals surface area (Å²) in [6.45, 7) is 18.5. The fraction of sp³-hybridized carbons (Fsp3) is 0.682. The van der Waals surface area contributed by atoms with E-state index >= 15 is 0 Å². The number of sulfonamides is 1. The molecule has 29 heavy (non-hydrogen) atoms. The van der Waals surface area contributed by atoms with Crippen LogP contribution in [-0.4, -0.2) is 56.9 Å². The van der Waals surface area contributed by atoms with Gasteiger partial charge in [-0.25, -0.2) is 8.42 Å². The van der Waals surface area contributed by atoms with Gasteiger partial charge in [0.1, 0.15) is 0 Å². The first-order chi connectivity index (χ1) is 13.3. The van der Waals surface area contributed by atoms with Crippen molar-refractivity contribution < 1.29 is 18.1 Å². The largest absolute Gasteiger partial charge is 0.347 e. The Morgan fingerprint density at radius 2 is 1.45 bits per heavy atom. The molecule has 1 aliphatic rings. The van der Waals surface area contributed by atoms with Gasteiger partial charge >= 0.3 is 0 Å². The minimum atomic E-state index is -3.57. The Hall–Kier alpha value is -1.44. The first kappa shape index (κ1) is 23.8. The zero-order valence-electron chi connectivity index (χ0n) is 19.3. The zero-order valence-corrected chi connectivity index (χ0v) is 20.1. The number of benzene rings is 1. The Labute approximate surface area is 176 Å². The minimum absolute atomic E-state index is 0.0141. The van der Waals surface area contributed by atoms with Crippen LogP contribution >= 0.6 is 0 Å². The van der Waals surface area contributed by atoms with Crippen LogP contribution in [-0.2, 0) is 14.8 Å². The number of hydrogen-bond donors (Lipinski definition) is 2. The lowest BCUT2D eigenvalue weighted by atomic mass is 9.95. The molecule has 2 rings (SSSR count). The smallest absolute Gasteiger partial charge is 0.275 e. The quantitative estimate of drug-likeness (QED) is 0.768. The average Bonchev–Trinajstić information content (AvgIpc) is 2.82. The van der Waals surface area contributed by atoms with E-state index in [9.17, 15) is 13.2 Å². The molecule has 0 bridgehead atoms. The molecule has 1 atom stereocenters. The van der Waals surface area contributed by atoms with Crippen LogP contribution in [0.25, 0.3) is 0 Å². The standard InChI is InChI=1S/C22H37N3O3S/c1-15-16(2)18(4)21(19(5)17(15)3)29(27,28)25-11-9-10-24(12-13-25)14-20(26)23-22(6,7)8/h9-14H2,1-8H3,(H,23,26)/p+1. The van der Waals surface area contributed by atoms with Crippen molar-refractivity contribution in [3.8, 4) is 0 Å². The molecule has 1 aromatic rings. The third-order valence-electron chi connectivity index (χ3n) is 6.11. The molecule has 1 fully saturated rings. The predicted molar refractivity (Wildman–Crippen MR) is 117 cm³/mol. The fourth-order valence-electron chi connectivity index (χ4n) is 4.11. The van der Waals surface area contributed by atoms with Gasteiger partial charge in [0.2, 0.25) is 10.0 Å². The topological polar surface area (TPSA) is 70.9 Å². The van der Waals surface area contributed by atoms with E-state index in [2.05, 4.69) is 12.2 Å². The molecule has 0 aliphatic carbocycles. The van der Waals surface area contributed by atoms with Crippen LogP contribution in [0.15, 0.2) is 4.90 Å². The van der Waals surface area contributed by atoms with Crippen molar-refractivity contribution in [3.63, 3.8) is 0 Å². The number of nitrogens with one attached hydrogen (secondary N) is 2. The van der Waals surface area contributed by atoms with Crippen LogP contribution in [0.1, 0.15) is 55.0 Å². The van der Waals surface area contributed by atoms with Gasteiger partial charge in [0.05, 0.1) is 24.5 Å². The molecule has 0 spiro atoms. The second-order valence-corrected chi connectivity index (χ2v) is 11.3. The lowest BCUT2D eigenvalue weighted by Gasteiger charge is -2.25. The van der Waals surface area contributed by atoms with Crippen LogP contribution in [0, 0.1) is 34.6 Å². The molecular weight excluding hydrogens is 386 g/mol. The maximum Gasteiger partial charge on any atom is 0.275 e. The summed E-state index contributed by atoms with van der Waals surface area (Å²) in [5, 5.41) is 3.00. The number of carbonyl (C=O) groups excluding carboxylic acids is 1. The van der Waals surface area contributed by atoms with Crippen molar-refractivity contribution in [2.75, 3.05) is 32.7 Å². The van der Waals surface area contributed by atoms with Gasteiger partial charge in [-0.05, 0) is 83.2 Å². The molecule has 7 heteroatoms. The van der Waals surface area contributed by atoms with Gasteiger partial charge in [-0.3, -0.25) is 4.79 Å². The third kappa shape index (κ3) is 5.38. The fourth-order valence-corrected chi connectivity index (χ4v) is 6.15. The van der Waals surface area contributed by atoms with Gasteiger partial charge in [-0.15, -0.1) is 0 Å². The molecule has 2 N–H and O–H groups in total. The minimum Gasteiger partial charge on any atom is -0.347 e. The lowest BCUT2D eigenvalue weighted by Crippen LogP contribution is -3.13. The summed E-state index contributed by atoms with van der Waals surface area (Å²) in [6, 6.07) is 0. The molecule has 1 aliphatic heterocycles. The van der Waals surface area contributed by atoms with Gasteiger partial charge in [0.25, 0.3) is 5.91 Å². The molecule has 0 saturated carbocycles. The highest BCUT2D eigenvalue weighted by molar-refractivity contribution is 7.89.